The summed E-state index contributed by atoms with van der Waals surface area (Å²) < 4.78 is 5.29. The number of urea groups is 1. The molecule has 3 N–H and O–H groups in total. The van der Waals surface area contributed by atoms with Gasteiger partial charge in [0, 0.05) is 0 Å². The van der Waals surface area contributed by atoms with Crippen molar-refractivity contribution in [3.63, 3.8) is 0 Å². The van der Waals surface area contributed by atoms with Crippen molar-refractivity contribution in [2.45, 2.75) is 12.6 Å². The Morgan fingerprint density at radius 2 is 1.95 bits per heavy atom. The molecule has 0 saturated heterocycles. The predicted molar refractivity (Wildman–Crippen MR) is 77.1 cm³/mol. The van der Waals surface area contributed by atoms with Gasteiger partial charge in [0.1, 0.15) is 11.8 Å². The number of likely N-dealkylation sites (N-methyl/N-ethyl adjacent to an activating group) is 1. The molecule has 0 fully saturated rings. The van der Waals surface area contributed by atoms with E-state index in [4.69, 9.17) is 10.2 Å². The van der Waals surface area contributed by atoms with E-state index in [0.717, 1.165) is 11.3 Å². The van der Waals surface area contributed by atoms with Crippen LogP contribution in [0.3, 0.4) is 0 Å². The van der Waals surface area contributed by atoms with Crippen LogP contribution in [0.4, 0.5) is 4.79 Å². The minimum Gasteiger partial charge on any atom is -0.468 e. The fraction of sp³-hybridized carbons (Fsp3) is 0.200. The molecule has 0 radical (unpaired) electrons. The number of nitrogens with two attached hydrogens (primary N) is 1. The van der Waals surface area contributed by atoms with Crippen LogP contribution in [0.25, 0.3) is 0 Å². The fourth-order valence-corrected chi connectivity index (χ4v) is 2.17. The summed E-state index contributed by atoms with van der Waals surface area (Å²) >= 11 is 0. The zero-order valence-electron chi connectivity index (χ0n) is 11.7. The van der Waals surface area contributed by atoms with Crippen molar-refractivity contribution in [1.29, 1.82) is 0 Å². The van der Waals surface area contributed by atoms with Gasteiger partial charge in [0.15, 0.2) is 0 Å². The van der Waals surface area contributed by atoms with Crippen LogP contribution in [0.15, 0.2) is 53.1 Å². The van der Waals surface area contributed by atoms with Crippen LogP contribution in [-0.2, 0) is 11.3 Å². The Bertz CT molecular complexity index is 596. The molecule has 2 rings (SSSR count). The number of hydrogen-bond donors (Lipinski definition) is 2. The van der Waals surface area contributed by atoms with Crippen molar-refractivity contribution in [1.82, 2.24) is 10.2 Å². The summed E-state index contributed by atoms with van der Waals surface area (Å²) in [5.74, 6) is 0.257. The molecular formula is C15H17N3O3. The van der Waals surface area contributed by atoms with Gasteiger partial charge in [-0.3, -0.25) is 15.0 Å². The molecule has 1 aromatic carbocycles. The number of primary amides is 1. The average molecular weight is 287 g/mol. The fourth-order valence-electron chi connectivity index (χ4n) is 2.17. The number of carbonyl (C=O) groups is 2. The highest BCUT2D eigenvalue weighted by Crippen LogP contribution is 2.21. The molecule has 0 unspecified atom stereocenters. The second-order valence-corrected chi connectivity index (χ2v) is 4.66. The second kappa shape index (κ2) is 6.71. The van der Waals surface area contributed by atoms with Gasteiger partial charge in [-0.2, -0.15) is 0 Å². The van der Waals surface area contributed by atoms with Gasteiger partial charge >= 0.3 is 6.03 Å². The number of carbonyl (C=O) groups excluding carboxylic acids is 2. The van der Waals surface area contributed by atoms with Gasteiger partial charge in [-0.25, -0.2) is 4.79 Å². The van der Waals surface area contributed by atoms with Crippen LogP contribution in [0, 0.1) is 0 Å². The number of nitrogens with one attached hydrogen (secondary N) is 1. The summed E-state index contributed by atoms with van der Waals surface area (Å²) in [7, 11) is 1.78. The lowest BCUT2D eigenvalue weighted by Crippen LogP contribution is -2.43. The minimum absolute atomic E-state index is 0.429. The number of imide groups is 1. The third-order valence-corrected chi connectivity index (χ3v) is 3.04. The Balaban J connectivity index is 2.22. The Morgan fingerprint density at radius 3 is 2.52 bits per heavy atom. The molecule has 0 saturated carbocycles. The Kier molecular flexibility index (Phi) is 4.73. The number of furan rings is 1. The summed E-state index contributed by atoms with van der Waals surface area (Å²) in [5.41, 5.74) is 5.81. The number of amides is 3. The van der Waals surface area contributed by atoms with Crippen molar-refractivity contribution in [2.24, 2.45) is 5.73 Å². The molecular weight excluding hydrogens is 270 g/mol. The molecule has 0 spiro atoms. The van der Waals surface area contributed by atoms with E-state index >= 15 is 0 Å². The number of hydrogen-bond acceptors (Lipinski definition) is 4. The highest BCUT2D eigenvalue weighted by Gasteiger charge is 2.26. The summed E-state index contributed by atoms with van der Waals surface area (Å²) in [6.07, 6.45) is 1.57. The lowest BCUT2D eigenvalue weighted by Gasteiger charge is -2.26. The van der Waals surface area contributed by atoms with Gasteiger partial charge in [-0.15, -0.1) is 0 Å². The Hall–Kier alpha value is -2.60. The minimum atomic E-state index is -0.868. The van der Waals surface area contributed by atoms with E-state index in [2.05, 4.69) is 5.32 Å². The topological polar surface area (TPSA) is 88.6 Å². The maximum atomic E-state index is 12.2. The highest BCUT2D eigenvalue weighted by molar-refractivity contribution is 5.96. The number of rotatable bonds is 5. The van der Waals surface area contributed by atoms with E-state index in [9.17, 15) is 9.59 Å². The van der Waals surface area contributed by atoms with Crippen LogP contribution in [-0.4, -0.2) is 23.9 Å². The molecule has 110 valence electrons. The zero-order chi connectivity index (χ0) is 15.2. The van der Waals surface area contributed by atoms with Crippen LogP contribution >= 0.6 is 0 Å². The van der Waals surface area contributed by atoms with Crippen molar-refractivity contribution in [2.75, 3.05) is 7.05 Å². The molecule has 6 nitrogen and oxygen atoms in total. The van der Waals surface area contributed by atoms with Crippen molar-refractivity contribution >= 4 is 11.9 Å². The first kappa shape index (κ1) is 14.8. The van der Waals surface area contributed by atoms with Crippen LogP contribution in [0.5, 0.6) is 0 Å². The monoisotopic (exact) mass is 287 g/mol. The standard InChI is InChI=1S/C15H17N3O3/c1-18(10-12-8-5-9-21-12)13(14(19)17-15(16)20)11-6-3-2-4-7-11/h2-9,13H,10H2,1H3,(H3,16,17,19,20)/t13-/m1/s1. The normalized spacial score (nSPS) is 12.1. The van der Waals surface area contributed by atoms with E-state index in [1.165, 1.54) is 0 Å². The quantitative estimate of drug-likeness (QED) is 0.875. The lowest BCUT2D eigenvalue weighted by atomic mass is 10.0. The largest absolute Gasteiger partial charge is 0.468 e. The maximum absolute atomic E-state index is 12.2. The zero-order valence-corrected chi connectivity index (χ0v) is 11.7. The van der Waals surface area contributed by atoms with Crippen molar-refractivity contribution in [3.05, 3.63) is 60.1 Å². The third-order valence-electron chi connectivity index (χ3n) is 3.04. The first-order valence-corrected chi connectivity index (χ1v) is 6.46. The Morgan fingerprint density at radius 1 is 1.24 bits per heavy atom. The van der Waals surface area contributed by atoms with E-state index in [1.54, 1.807) is 24.3 Å². The van der Waals surface area contributed by atoms with Crippen LogP contribution < -0.4 is 11.1 Å². The Labute approximate surface area is 122 Å². The van der Waals surface area contributed by atoms with Crippen molar-refractivity contribution in [3.8, 4) is 0 Å². The first-order chi connectivity index (χ1) is 10.1. The molecule has 0 bridgehead atoms. The summed E-state index contributed by atoms with van der Waals surface area (Å²) in [6, 6.07) is 11.3. The SMILES string of the molecule is CN(Cc1ccco1)[C@@H](C(=O)NC(N)=O)c1ccccc1. The smallest absolute Gasteiger partial charge is 0.318 e. The molecule has 0 aliphatic carbocycles. The number of nitrogens with zero attached hydrogens (tertiary/aromatic N) is 1. The molecule has 1 atom stereocenters. The van der Waals surface area contributed by atoms with Gasteiger partial charge < -0.3 is 10.2 Å². The molecule has 6 heteroatoms. The first-order valence-electron chi connectivity index (χ1n) is 6.46. The lowest BCUT2D eigenvalue weighted by molar-refractivity contribution is -0.125. The summed E-state index contributed by atoms with van der Waals surface area (Å²) in [4.78, 5) is 25.0. The van der Waals surface area contributed by atoms with Crippen LogP contribution in [0.1, 0.15) is 17.4 Å². The van der Waals surface area contributed by atoms with Crippen LogP contribution in [0.2, 0.25) is 0 Å². The van der Waals surface area contributed by atoms with Gasteiger partial charge in [0.2, 0.25) is 5.91 Å². The predicted octanol–water partition coefficient (Wildman–Crippen LogP) is 1.65. The molecule has 1 aromatic heterocycles. The maximum Gasteiger partial charge on any atom is 0.318 e. The number of benzene rings is 1. The van der Waals surface area contributed by atoms with Gasteiger partial charge in [-0.1, -0.05) is 30.3 Å². The summed E-state index contributed by atoms with van der Waals surface area (Å²) in [5, 5.41) is 2.13. The van der Waals surface area contributed by atoms with E-state index in [1.807, 2.05) is 36.4 Å². The molecule has 0 aliphatic heterocycles. The van der Waals surface area contributed by atoms with Crippen molar-refractivity contribution < 1.29 is 14.0 Å². The average Bonchev–Trinajstić information content (AvgIpc) is 2.92. The van der Waals surface area contributed by atoms with E-state index in [0.29, 0.717) is 6.54 Å². The van der Waals surface area contributed by atoms with E-state index < -0.39 is 18.0 Å². The molecule has 3 amide bonds. The third kappa shape index (κ3) is 3.93. The summed E-state index contributed by atoms with van der Waals surface area (Å²) in [6.45, 7) is 0.429. The molecule has 2 aromatic rings. The molecule has 1 heterocycles. The van der Waals surface area contributed by atoms with E-state index in [-0.39, 0.29) is 0 Å². The van der Waals surface area contributed by atoms with Gasteiger partial charge in [0.05, 0.1) is 12.8 Å². The molecule has 21 heavy (non-hydrogen) atoms. The second-order valence-electron chi connectivity index (χ2n) is 4.66. The highest BCUT2D eigenvalue weighted by atomic mass is 16.3. The van der Waals surface area contributed by atoms with Gasteiger partial charge in [-0.05, 0) is 24.7 Å². The molecule has 0 aliphatic rings. The van der Waals surface area contributed by atoms with Gasteiger partial charge in [0.25, 0.3) is 0 Å².